The van der Waals surface area contributed by atoms with Crippen LogP contribution >= 0.6 is 12.4 Å². The summed E-state index contributed by atoms with van der Waals surface area (Å²) in [6.45, 7) is 9.01. The van der Waals surface area contributed by atoms with Crippen LogP contribution in [0.15, 0.2) is 36.4 Å². The van der Waals surface area contributed by atoms with Gasteiger partial charge in [0.25, 0.3) is 0 Å². The van der Waals surface area contributed by atoms with E-state index >= 15 is 0 Å². The standard InChI is InChI=1S/C15H23NO.ClH/c1-4-16-11-7-8-12-17-15-10-6-5-9-14(15)13(2)3;/h5-10,13,16H,4,11-12H2,1-3H3;1H. The van der Waals surface area contributed by atoms with Gasteiger partial charge in [-0.1, -0.05) is 51.1 Å². The molecular formula is C15H24ClNO. The quantitative estimate of drug-likeness (QED) is 0.601. The summed E-state index contributed by atoms with van der Waals surface area (Å²) in [7, 11) is 0. The van der Waals surface area contributed by atoms with E-state index in [1.165, 1.54) is 5.56 Å². The maximum atomic E-state index is 5.76. The van der Waals surface area contributed by atoms with Crippen molar-refractivity contribution in [1.82, 2.24) is 5.32 Å². The molecule has 0 fully saturated rings. The molecule has 0 spiro atoms. The van der Waals surface area contributed by atoms with Gasteiger partial charge in [0.15, 0.2) is 0 Å². The second kappa shape index (κ2) is 9.98. The highest BCUT2D eigenvalue weighted by atomic mass is 35.5. The molecule has 1 aromatic carbocycles. The average Bonchev–Trinajstić information content (AvgIpc) is 2.34. The summed E-state index contributed by atoms with van der Waals surface area (Å²) in [6, 6.07) is 8.24. The van der Waals surface area contributed by atoms with Gasteiger partial charge in [-0.15, -0.1) is 12.4 Å². The van der Waals surface area contributed by atoms with Gasteiger partial charge in [-0.2, -0.15) is 0 Å². The summed E-state index contributed by atoms with van der Waals surface area (Å²) >= 11 is 0. The van der Waals surface area contributed by atoms with Crippen LogP contribution in [0.25, 0.3) is 0 Å². The average molecular weight is 270 g/mol. The molecule has 18 heavy (non-hydrogen) atoms. The van der Waals surface area contributed by atoms with E-state index in [1.54, 1.807) is 0 Å². The number of rotatable bonds is 7. The number of ether oxygens (including phenoxy) is 1. The van der Waals surface area contributed by atoms with Crippen molar-refractivity contribution in [3.05, 3.63) is 42.0 Å². The Balaban J connectivity index is 0.00000289. The third-order valence-corrected chi connectivity index (χ3v) is 2.55. The molecule has 0 aliphatic carbocycles. The first-order chi connectivity index (χ1) is 8.25. The molecule has 2 nitrogen and oxygen atoms in total. The predicted molar refractivity (Wildman–Crippen MR) is 81.0 cm³/mol. The Morgan fingerprint density at radius 1 is 1.22 bits per heavy atom. The van der Waals surface area contributed by atoms with Gasteiger partial charge in [-0.25, -0.2) is 0 Å². The Kier molecular flexibility index (Phi) is 9.43. The normalized spacial score (nSPS) is 10.7. The molecule has 0 aromatic heterocycles. The van der Waals surface area contributed by atoms with Crippen molar-refractivity contribution < 1.29 is 4.74 Å². The van der Waals surface area contributed by atoms with E-state index in [0.29, 0.717) is 12.5 Å². The highest BCUT2D eigenvalue weighted by molar-refractivity contribution is 5.85. The molecule has 102 valence electrons. The van der Waals surface area contributed by atoms with Gasteiger partial charge >= 0.3 is 0 Å². The maximum absolute atomic E-state index is 5.76. The fourth-order valence-corrected chi connectivity index (χ4v) is 1.61. The van der Waals surface area contributed by atoms with Crippen LogP contribution in [0.3, 0.4) is 0 Å². The van der Waals surface area contributed by atoms with Gasteiger partial charge in [-0.05, 0) is 24.1 Å². The Bertz CT molecular complexity index is 350. The van der Waals surface area contributed by atoms with E-state index in [-0.39, 0.29) is 12.4 Å². The minimum Gasteiger partial charge on any atom is -0.489 e. The fourth-order valence-electron chi connectivity index (χ4n) is 1.61. The topological polar surface area (TPSA) is 21.3 Å². The van der Waals surface area contributed by atoms with E-state index in [4.69, 9.17) is 4.74 Å². The lowest BCUT2D eigenvalue weighted by Crippen LogP contribution is -2.11. The van der Waals surface area contributed by atoms with E-state index in [0.717, 1.165) is 18.8 Å². The predicted octanol–water partition coefficient (Wildman–Crippen LogP) is 3.78. The second-order valence-electron chi connectivity index (χ2n) is 4.28. The van der Waals surface area contributed by atoms with E-state index in [9.17, 15) is 0 Å². The third-order valence-electron chi connectivity index (χ3n) is 2.55. The fraction of sp³-hybridized carbons (Fsp3) is 0.467. The molecule has 0 saturated carbocycles. The minimum atomic E-state index is 0. The second-order valence-corrected chi connectivity index (χ2v) is 4.28. The van der Waals surface area contributed by atoms with Gasteiger partial charge in [-0.3, -0.25) is 0 Å². The van der Waals surface area contributed by atoms with Crippen molar-refractivity contribution in [3.8, 4) is 5.75 Å². The van der Waals surface area contributed by atoms with Crippen molar-refractivity contribution >= 4 is 12.4 Å². The molecule has 1 rings (SSSR count). The van der Waals surface area contributed by atoms with Crippen molar-refractivity contribution in [2.24, 2.45) is 0 Å². The number of halogens is 1. The number of benzene rings is 1. The van der Waals surface area contributed by atoms with Crippen LogP contribution in [0.4, 0.5) is 0 Å². The summed E-state index contributed by atoms with van der Waals surface area (Å²) in [5.41, 5.74) is 1.27. The molecule has 0 unspecified atom stereocenters. The van der Waals surface area contributed by atoms with Crippen molar-refractivity contribution in [1.29, 1.82) is 0 Å². The lowest BCUT2D eigenvalue weighted by molar-refractivity contribution is 0.357. The molecule has 0 radical (unpaired) electrons. The molecule has 0 saturated heterocycles. The highest BCUT2D eigenvalue weighted by Gasteiger charge is 2.05. The molecule has 0 aliphatic heterocycles. The van der Waals surface area contributed by atoms with E-state index in [2.05, 4.69) is 50.4 Å². The number of hydrogen-bond acceptors (Lipinski definition) is 2. The van der Waals surface area contributed by atoms with Gasteiger partial charge in [0.1, 0.15) is 12.4 Å². The first-order valence-electron chi connectivity index (χ1n) is 6.33. The van der Waals surface area contributed by atoms with Gasteiger partial charge in [0.2, 0.25) is 0 Å². The first-order valence-corrected chi connectivity index (χ1v) is 6.33. The molecule has 1 aromatic rings. The van der Waals surface area contributed by atoms with Crippen LogP contribution in [-0.2, 0) is 0 Å². The molecule has 0 amide bonds. The molecule has 0 heterocycles. The van der Waals surface area contributed by atoms with Gasteiger partial charge in [0, 0.05) is 6.54 Å². The SMILES string of the molecule is CCNCC=CCOc1ccccc1C(C)C.Cl. The lowest BCUT2D eigenvalue weighted by Gasteiger charge is -2.12. The summed E-state index contributed by atoms with van der Waals surface area (Å²) in [6.07, 6.45) is 4.15. The molecule has 0 aliphatic rings. The maximum Gasteiger partial charge on any atom is 0.123 e. The van der Waals surface area contributed by atoms with Crippen molar-refractivity contribution in [2.45, 2.75) is 26.7 Å². The van der Waals surface area contributed by atoms with Crippen LogP contribution in [0.5, 0.6) is 5.75 Å². The number of nitrogens with one attached hydrogen (secondary N) is 1. The number of para-hydroxylation sites is 1. The van der Waals surface area contributed by atoms with E-state index < -0.39 is 0 Å². The molecule has 0 bridgehead atoms. The summed E-state index contributed by atoms with van der Waals surface area (Å²) in [5.74, 6) is 1.49. The number of likely N-dealkylation sites (N-methyl/N-ethyl adjacent to an activating group) is 1. The van der Waals surface area contributed by atoms with Gasteiger partial charge < -0.3 is 10.1 Å². The summed E-state index contributed by atoms with van der Waals surface area (Å²) < 4.78 is 5.76. The van der Waals surface area contributed by atoms with Crippen molar-refractivity contribution in [3.63, 3.8) is 0 Å². The van der Waals surface area contributed by atoms with Gasteiger partial charge in [0.05, 0.1) is 0 Å². The Morgan fingerprint density at radius 2 is 1.94 bits per heavy atom. The van der Waals surface area contributed by atoms with Crippen LogP contribution in [0.2, 0.25) is 0 Å². The highest BCUT2D eigenvalue weighted by Crippen LogP contribution is 2.25. The largest absolute Gasteiger partial charge is 0.489 e. The summed E-state index contributed by atoms with van der Waals surface area (Å²) in [4.78, 5) is 0. The van der Waals surface area contributed by atoms with Crippen LogP contribution < -0.4 is 10.1 Å². The minimum absolute atomic E-state index is 0. The Morgan fingerprint density at radius 3 is 2.61 bits per heavy atom. The van der Waals surface area contributed by atoms with Crippen LogP contribution in [-0.4, -0.2) is 19.7 Å². The zero-order valence-electron chi connectivity index (χ0n) is 11.5. The Hall–Kier alpha value is -0.990. The Labute approximate surface area is 117 Å². The molecular weight excluding hydrogens is 246 g/mol. The lowest BCUT2D eigenvalue weighted by atomic mass is 10.0. The van der Waals surface area contributed by atoms with Crippen LogP contribution in [0.1, 0.15) is 32.3 Å². The van der Waals surface area contributed by atoms with Crippen LogP contribution in [0, 0.1) is 0 Å². The van der Waals surface area contributed by atoms with E-state index in [1.807, 2.05) is 12.1 Å². The summed E-state index contributed by atoms with van der Waals surface area (Å²) in [5, 5.41) is 3.23. The monoisotopic (exact) mass is 269 g/mol. The molecule has 0 atom stereocenters. The first kappa shape index (κ1) is 17.0. The molecule has 1 N–H and O–H groups in total. The molecule has 3 heteroatoms. The third kappa shape index (κ3) is 6.08. The zero-order valence-corrected chi connectivity index (χ0v) is 12.3. The zero-order chi connectivity index (χ0) is 12.5. The number of hydrogen-bond donors (Lipinski definition) is 1. The van der Waals surface area contributed by atoms with Crippen molar-refractivity contribution in [2.75, 3.05) is 19.7 Å². The smallest absolute Gasteiger partial charge is 0.123 e.